The second kappa shape index (κ2) is 7.66. The summed E-state index contributed by atoms with van der Waals surface area (Å²) < 4.78 is 4.67. The second-order valence-electron chi connectivity index (χ2n) is 3.45. The maximum atomic E-state index is 11.6. The van der Waals surface area contributed by atoms with E-state index in [1.807, 2.05) is 5.32 Å². The smallest absolute Gasteiger partial charge is 0.359 e. The van der Waals surface area contributed by atoms with Crippen LogP contribution in [0.4, 0.5) is 4.79 Å². The largest absolute Gasteiger partial charge is 0.451 e. The van der Waals surface area contributed by atoms with E-state index in [1.165, 1.54) is 12.1 Å². The molecule has 0 aromatic carbocycles. The van der Waals surface area contributed by atoms with Crippen LogP contribution in [0.5, 0.6) is 0 Å². The summed E-state index contributed by atoms with van der Waals surface area (Å²) in [6.45, 7) is 1.42. The third-order valence-corrected chi connectivity index (χ3v) is 2.45. The molecule has 0 atom stereocenters. The van der Waals surface area contributed by atoms with Gasteiger partial charge in [0.1, 0.15) is 5.15 Å². The van der Waals surface area contributed by atoms with E-state index in [2.05, 4.69) is 15.0 Å². The van der Waals surface area contributed by atoms with Crippen molar-refractivity contribution in [3.8, 4) is 0 Å². The zero-order chi connectivity index (χ0) is 15.1. The molecule has 20 heavy (non-hydrogen) atoms. The lowest BCUT2D eigenvalue weighted by Gasteiger charge is -2.06. The first-order chi connectivity index (χ1) is 9.43. The molecule has 1 aromatic heterocycles. The second-order valence-corrected chi connectivity index (χ2v) is 4.24. The highest BCUT2D eigenvalue weighted by molar-refractivity contribution is 6.34. The quantitative estimate of drug-likeness (QED) is 0.645. The van der Waals surface area contributed by atoms with Crippen molar-refractivity contribution in [2.24, 2.45) is 0 Å². The number of carbonyl (C=O) groups excluding carboxylic acids is 3. The fourth-order valence-electron chi connectivity index (χ4n) is 1.13. The minimum atomic E-state index is -0.913. The number of carbonyl (C=O) groups is 3. The Morgan fingerprint density at radius 1 is 1.30 bits per heavy atom. The molecule has 0 aliphatic rings. The number of pyridine rings is 1. The number of rotatable bonds is 4. The Balaban J connectivity index is 2.53. The fourth-order valence-corrected chi connectivity index (χ4v) is 1.46. The molecule has 2 N–H and O–H groups in total. The van der Waals surface area contributed by atoms with Gasteiger partial charge in [-0.2, -0.15) is 0 Å². The highest BCUT2D eigenvalue weighted by atomic mass is 35.5. The number of hydrogen-bond donors (Lipinski definition) is 2. The van der Waals surface area contributed by atoms with Gasteiger partial charge in [0, 0.05) is 6.54 Å². The van der Waals surface area contributed by atoms with Gasteiger partial charge in [-0.05, 0) is 19.1 Å². The molecule has 7 nitrogen and oxygen atoms in total. The van der Waals surface area contributed by atoms with E-state index >= 15 is 0 Å². The number of aromatic nitrogens is 1. The van der Waals surface area contributed by atoms with Crippen molar-refractivity contribution in [2.45, 2.75) is 6.92 Å². The summed E-state index contributed by atoms with van der Waals surface area (Å²) in [5.41, 5.74) is -0.204. The predicted octanol–water partition coefficient (Wildman–Crippen LogP) is 1.39. The van der Waals surface area contributed by atoms with Gasteiger partial charge in [-0.25, -0.2) is 14.6 Å². The van der Waals surface area contributed by atoms with Crippen LogP contribution >= 0.6 is 23.2 Å². The fraction of sp³-hybridized carbons (Fsp3) is 0.273. The summed E-state index contributed by atoms with van der Waals surface area (Å²) in [5.74, 6) is -1.69. The van der Waals surface area contributed by atoms with Crippen LogP contribution < -0.4 is 10.6 Å². The van der Waals surface area contributed by atoms with Crippen molar-refractivity contribution in [1.82, 2.24) is 15.6 Å². The van der Waals surface area contributed by atoms with Crippen molar-refractivity contribution >= 4 is 41.1 Å². The van der Waals surface area contributed by atoms with Crippen molar-refractivity contribution in [3.63, 3.8) is 0 Å². The standard InChI is InChI=1S/C11H11Cl2N3O4/c1-2-14-11(19)16-8(17)5-20-10(18)9-6(12)3-4-7(13)15-9/h3-4H,2,5H2,1H3,(H2,14,16,17,19). The number of nitrogens with zero attached hydrogens (tertiary/aromatic N) is 1. The van der Waals surface area contributed by atoms with Gasteiger partial charge in [-0.3, -0.25) is 10.1 Å². The molecule has 0 spiro atoms. The Bertz CT molecular complexity index is 536. The van der Waals surface area contributed by atoms with Crippen LogP contribution in [-0.4, -0.2) is 36.0 Å². The Kier molecular flexibility index (Phi) is 6.20. The number of hydrogen-bond acceptors (Lipinski definition) is 5. The first-order valence-electron chi connectivity index (χ1n) is 5.51. The molecule has 3 amide bonds. The first-order valence-corrected chi connectivity index (χ1v) is 6.26. The van der Waals surface area contributed by atoms with E-state index in [1.54, 1.807) is 6.92 Å². The number of nitrogens with one attached hydrogen (secondary N) is 2. The van der Waals surface area contributed by atoms with Gasteiger partial charge in [-0.15, -0.1) is 0 Å². The minimum Gasteiger partial charge on any atom is -0.451 e. The van der Waals surface area contributed by atoms with Gasteiger partial charge in [0.15, 0.2) is 12.3 Å². The molecular formula is C11H11Cl2N3O4. The molecular weight excluding hydrogens is 309 g/mol. The maximum absolute atomic E-state index is 11.6. The van der Waals surface area contributed by atoms with Gasteiger partial charge in [0.2, 0.25) is 0 Å². The van der Waals surface area contributed by atoms with E-state index < -0.39 is 24.5 Å². The number of urea groups is 1. The molecule has 1 aromatic rings. The SMILES string of the molecule is CCNC(=O)NC(=O)COC(=O)c1nc(Cl)ccc1Cl. The Morgan fingerprint density at radius 3 is 2.65 bits per heavy atom. The van der Waals surface area contributed by atoms with E-state index in [-0.39, 0.29) is 15.9 Å². The Morgan fingerprint density at radius 2 is 2.00 bits per heavy atom. The summed E-state index contributed by atoms with van der Waals surface area (Å²) in [4.78, 5) is 37.6. The molecule has 0 saturated heterocycles. The number of imide groups is 1. The number of amides is 3. The zero-order valence-electron chi connectivity index (χ0n) is 10.4. The van der Waals surface area contributed by atoms with Crippen molar-refractivity contribution in [3.05, 3.63) is 28.0 Å². The van der Waals surface area contributed by atoms with Crippen LogP contribution in [0.25, 0.3) is 0 Å². The molecule has 0 unspecified atom stereocenters. The molecule has 0 radical (unpaired) electrons. The van der Waals surface area contributed by atoms with Crippen LogP contribution in [0.1, 0.15) is 17.4 Å². The maximum Gasteiger partial charge on any atom is 0.359 e. The molecule has 1 heterocycles. The minimum absolute atomic E-state index is 0.0449. The van der Waals surface area contributed by atoms with Crippen LogP contribution in [0.15, 0.2) is 12.1 Å². The summed E-state index contributed by atoms with van der Waals surface area (Å²) in [5, 5.41) is 4.43. The molecule has 9 heteroatoms. The highest BCUT2D eigenvalue weighted by Gasteiger charge is 2.16. The normalized spacial score (nSPS) is 9.75. The van der Waals surface area contributed by atoms with Crippen molar-refractivity contribution < 1.29 is 19.1 Å². The summed E-state index contributed by atoms with van der Waals surface area (Å²) >= 11 is 11.4. The van der Waals surface area contributed by atoms with E-state index in [0.29, 0.717) is 6.54 Å². The van der Waals surface area contributed by atoms with Crippen molar-refractivity contribution in [1.29, 1.82) is 0 Å². The van der Waals surface area contributed by atoms with Gasteiger partial charge >= 0.3 is 12.0 Å². The molecule has 0 fully saturated rings. The highest BCUT2D eigenvalue weighted by Crippen LogP contribution is 2.17. The first kappa shape index (κ1) is 16.2. The molecule has 0 aliphatic carbocycles. The molecule has 0 aliphatic heterocycles. The van der Waals surface area contributed by atoms with E-state index in [9.17, 15) is 14.4 Å². The lowest BCUT2D eigenvalue weighted by atomic mass is 10.3. The third-order valence-electron chi connectivity index (χ3n) is 1.93. The molecule has 1 rings (SSSR count). The average Bonchev–Trinajstić information content (AvgIpc) is 2.39. The van der Waals surface area contributed by atoms with Gasteiger partial charge in [0.25, 0.3) is 5.91 Å². The number of ether oxygens (including phenoxy) is 1. The topological polar surface area (TPSA) is 97.4 Å². The number of halogens is 2. The van der Waals surface area contributed by atoms with Crippen LogP contribution in [-0.2, 0) is 9.53 Å². The van der Waals surface area contributed by atoms with Crippen LogP contribution in [0, 0.1) is 0 Å². The van der Waals surface area contributed by atoms with Gasteiger partial charge in [0.05, 0.1) is 5.02 Å². The monoisotopic (exact) mass is 319 g/mol. The lowest BCUT2D eigenvalue weighted by Crippen LogP contribution is -2.41. The van der Waals surface area contributed by atoms with Gasteiger partial charge in [-0.1, -0.05) is 23.2 Å². The molecule has 0 bridgehead atoms. The zero-order valence-corrected chi connectivity index (χ0v) is 11.9. The lowest BCUT2D eigenvalue weighted by molar-refractivity contribution is -0.123. The molecule has 0 saturated carbocycles. The predicted molar refractivity (Wildman–Crippen MR) is 71.8 cm³/mol. The number of esters is 1. The summed E-state index contributed by atoms with van der Waals surface area (Å²) in [7, 11) is 0. The third kappa shape index (κ3) is 5.02. The van der Waals surface area contributed by atoms with Crippen molar-refractivity contribution in [2.75, 3.05) is 13.2 Å². The molecule has 108 valence electrons. The summed E-state index contributed by atoms with van der Waals surface area (Å²) in [6.07, 6.45) is 0. The Labute approximate surface area is 124 Å². The average molecular weight is 320 g/mol. The van der Waals surface area contributed by atoms with E-state index in [0.717, 1.165) is 0 Å². The van der Waals surface area contributed by atoms with E-state index in [4.69, 9.17) is 23.2 Å². The van der Waals surface area contributed by atoms with Gasteiger partial charge < -0.3 is 10.1 Å². The van der Waals surface area contributed by atoms with Crippen LogP contribution in [0.3, 0.4) is 0 Å². The van der Waals surface area contributed by atoms with Crippen LogP contribution in [0.2, 0.25) is 10.2 Å². The summed E-state index contributed by atoms with van der Waals surface area (Å²) in [6, 6.07) is 2.11. The Hall–Kier alpha value is -1.86.